The van der Waals surface area contributed by atoms with Gasteiger partial charge in [0, 0.05) is 0 Å². The fourth-order valence-corrected chi connectivity index (χ4v) is 5.84. The zero-order valence-corrected chi connectivity index (χ0v) is 15.8. The highest BCUT2D eigenvalue weighted by atomic mass is 31.2. The molecule has 0 fully saturated rings. The zero-order chi connectivity index (χ0) is 19.4. The van der Waals surface area contributed by atoms with Crippen molar-refractivity contribution in [3.63, 3.8) is 0 Å². The van der Waals surface area contributed by atoms with Gasteiger partial charge in [0.1, 0.15) is 12.6 Å². The summed E-state index contributed by atoms with van der Waals surface area (Å²) in [6.07, 6.45) is -4.13. The van der Waals surface area contributed by atoms with Gasteiger partial charge in [-0.1, -0.05) is 0 Å². The lowest BCUT2D eigenvalue weighted by Crippen LogP contribution is -2.30. The van der Waals surface area contributed by atoms with Gasteiger partial charge in [0.05, 0.1) is 12.3 Å². The maximum atomic E-state index is 11.0. The van der Waals surface area contributed by atoms with E-state index >= 15 is 0 Å². The van der Waals surface area contributed by atoms with E-state index in [9.17, 15) is 18.3 Å². The van der Waals surface area contributed by atoms with Gasteiger partial charge in [0.15, 0.2) is 0 Å². The summed E-state index contributed by atoms with van der Waals surface area (Å²) in [5, 5.41) is 0. The van der Waals surface area contributed by atoms with Crippen LogP contribution in [0, 0.1) is 5.92 Å². The van der Waals surface area contributed by atoms with Crippen LogP contribution in [0.1, 0.15) is 6.42 Å². The Morgan fingerprint density at radius 1 is 0.625 bits per heavy atom. The van der Waals surface area contributed by atoms with Gasteiger partial charge in [0.2, 0.25) is 0 Å². The van der Waals surface area contributed by atoms with Crippen LogP contribution in [0.3, 0.4) is 0 Å². The molecule has 0 spiro atoms. The van der Waals surface area contributed by atoms with E-state index < -0.39 is 67.7 Å². The van der Waals surface area contributed by atoms with Gasteiger partial charge in [-0.3, -0.25) is 23.2 Å². The molecule has 24 heavy (non-hydrogen) atoms. The highest BCUT2D eigenvalue weighted by Crippen LogP contribution is 2.45. The molecule has 0 unspecified atom stereocenters. The standard InChI is InChI=1S/C7H21NO12P4/c9-21(10,11)3-7(4-22(12,13)14)1-2-8(5-23(15,16)17)6-24(18,19)20/h7H,1-6H2,(H2,9,10,11)(H2,12,13,14)(H2,15,16,17)(H2,18,19,20). The van der Waals surface area contributed by atoms with Gasteiger partial charge in [-0.2, -0.15) is 0 Å². The van der Waals surface area contributed by atoms with Gasteiger partial charge < -0.3 is 39.1 Å². The minimum atomic E-state index is -4.67. The summed E-state index contributed by atoms with van der Waals surface area (Å²) in [4.78, 5) is 71.9. The monoisotopic (exact) mass is 435 g/mol. The minimum absolute atomic E-state index is 0.337. The summed E-state index contributed by atoms with van der Waals surface area (Å²) in [5.41, 5.74) is 0. The molecule has 0 aliphatic carbocycles. The van der Waals surface area contributed by atoms with Crippen molar-refractivity contribution in [1.29, 1.82) is 0 Å². The third-order valence-electron chi connectivity index (χ3n) is 2.61. The van der Waals surface area contributed by atoms with Gasteiger partial charge >= 0.3 is 30.4 Å². The molecule has 0 aromatic rings. The topological polar surface area (TPSA) is 233 Å². The van der Waals surface area contributed by atoms with Crippen molar-refractivity contribution in [3.8, 4) is 0 Å². The second kappa shape index (κ2) is 8.97. The molecule has 146 valence electrons. The van der Waals surface area contributed by atoms with Crippen molar-refractivity contribution in [3.05, 3.63) is 0 Å². The van der Waals surface area contributed by atoms with E-state index in [4.69, 9.17) is 39.1 Å². The van der Waals surface area contributed by atoms with Crippen LogP contribution in [0.25, 0.3) is 0 Å². The number of nitrogens with zero attached hydrogens (tertiary/aromatic N) is 1. The number of rotatable bonds is 11. The fraction of sp³-hybridized carbons (Fsp3) is 1.00. The Labute approximate surface area is 137 Å². The maximum absolute atomic E-state index is 11.0. The molecule has 17 heteroatoms. The predicted octanol–water partition coefficient (Wildman–Crippen LogP) is -1.08. The second-order valence-electron chi connectivity index (χ2n) is 5.36. The molecule has 0 bridgehead atoms. The summed E-state index contributed by atoms with van der Waals surface area (Å²) in [7, 11) is -18.6. The molecule has 0 aliphatic heterocycles. The SMILES string of the molecule is O=P(O)(O)CC(CCN(CP(=O)(O)O)CP(=O)(O)O)CP(=O)(O)O. The first-order chi connectivity index (χ1) is 10.4. The van der Waals surface area contributed by atoms with Crippen LogP contribution in [0.5, 0.6) is 0 Å². The van der Waals surface area contributed by atoms with Crippen LogP contribution in [0.2, 0.25) is 0 Å². The van der Waals surface area contributed by atoms with Gasteiger partial charge in [-0.25, -0.2) is 0 Å². The van der Waals surface area contributed by atoms with Crippen LogP contribution >= 0.6 is 30.4 Å². The Balaban J connectivity index is 5.07. The highest BCUT2D eigenvalue weighted by Gasteiger charge is 2.30. The quantitative estimate of drug-likeness (QED) is 0.181. The molecule has 8 N–H and O–H groups in total. The molecule has 0 heterocycles. The lowest BCUT2D eigenvalue weighted by Gasteiger charge is -2.25. The average molecular weight is 435 g/mol. The zero-order valence-electron chi connectivity index (χ0n) is 12.3. The molecule has 0 aromatic carbocycles. The lowest BCUT2D eigenvalue weighted by atomic mass is 10.1. The van der Waals surface area contributed by atoms with Gasteiger partial charge in [-0.05, 0) is 18.9 Å². The Kier molecular flexibility index (Phi) is 9.18. The molecule has 0 aromatic heterocycles. The van der Waals surface area contributed by atoms with Crippen LogP contribution in [0.4, 0.5) is 0 Å². The smallest absolute Gasteiger partial charge is 0.324 e. The molecule has 0 amide bonds. The van der Waals surface area contributed by atoms with Crippen molar-refractivity contribution in [2.24, 2.45) is 5.92 Å². The summed E-state index contributed by atoms with van der Waals surface area (Å²) >= 11 is 0. The van der Waals surface area contributed by atoms with Crippen molar-refractivity contribution in [2.45, 2.75) is 6.42 Å². The van der Waals surface area contributed by atoms with Gasteiger partial charge in [0.25, 0.3) is 0 Å². The number of hydrogen-bond acceptors (Lipinski definition) is 5. The summed E-state index contributed by atoms with van der Waals surface area (Å²) in [6.45, 7) is -0.430. The average Bonchev–Trinajstić information content (AvgIpc) is 2.16. The molecule has 13 nitrogen and oxygen atoms in total. The first-order valence-corrected chi connectivity index (χ1v) is 13.5. The minimum Gasteiger partial charge on any atom is -0.324 e. The third kappa shape index (κ3) is 16.1. The van der Waals surface area contributed by atoms with Crippen molar-refractivity contribution in [1.82, 2.24) is 4.90 Å². The molecular formula is C7H21NO12P4. The second-order valence-corrected chi connectivity index (χ2v) is 12.0. The van der Waals surface area contributed by atoms with Crippen molar-refractivity contribution >= 4 is 30.4 Å². The molecule has 0 saturated carbocycles. The van der Waals surface area contributed by atoms with E-state index in [2.05, 4.69) is 0 Å². The van der Waals surface area contributed by atoms with E-state index in [0.29, 0.717) is 4.90 Å². The van der Waals surface area contributed by atoms with E-state index in [1.807, 2.05) is 0 Å². The summed E-state index contributed by atoms with van der Waals surface area (Å²) in [5.74, 6) is -1.21. The van der Waals surface area contributed by atoms with E-state index in [1.54, 1.807) is 0 Å². The van der Waals surface area contributed by atoms with Crippen LogP contribution in [-0.4, -0.2) is 75.5 Å². The summed E-state index contributed by atoms with van der Waals surface area (Å²) in [6, 6.07) is 0. The molecule has 0 radical (unpaired) electrons. The molecule has 0 atom stereocenters. The van der Waals surface area contributed by atoms with Crippen molar-refractivity contribution < 1.29 is 57.4 Å². The Morgan fingerprint density at radius 2 is 0.958 bits per heavy atom. The van der Waals surface area contributed by atoms with Crippen LogP contribution in [-0.2, 0) is 18.3 Å². The first kappa shape index (κ1) is 24.6. The maximum Gasteiger partial charge on any atom is 0.339 e. The van der Waals surface area contributed by atoms with Crippen LogP contribution < -0.4 is 0 Å². The molecule has 0 saturated heterocycles. The molecule has 0 rings (SSSR count). The largest absolute Gasteiger partial charge is 0.339 e. The van der Waals surface area contributed by atoms with E-state index in [1.165, 1.54) is 0 Å². The summed E-state index contributed by atoms with van der Waals surface area (Å²) < 4.78 is 44.0. The normalized spacial score (nSPS) is 14.6. The van der Waals surface area contributed by atoms with E-state index in [0.717, 1.165) is 0 Å². The third-order valence-corrected chi connectivity index (χ3v) is 6.14. The fourth-order valence-electron chi connectivity index (χ4n) is 1.99. The lowest BCUT2D eigenvalue weighted by molar-refractivity contribution is 0.262. The Morgan fingerprint density at radius 3 is 1.21 bits per heavy atom. The van der Waals surface area contributed by atoms with Crippen LogP contribution in [0.15, 0.2) is 0 Å². The Hall–Kier alpha value is 0.560. The van der Waals surface area contributed by atoms with Gasteiger partial charge in [-0.15, -0.1) is 0 Å². The number of hydrogen-bond donors (Lipinski definition) is 8. The first-order valence-electron chi connectivity index (χ1n) is 6.27. The molecular weight excluding hydrogens is 414 g/mol. The van der Waals surface area contributed by atoms with E-state index in [-0.39, 0.29) is 6.42 Å². The highest BCUT2D eigenvalue weighted by molar-refractivity contribution is 7.53. The Bertz CT molecular complexity index is 484. The molecule has 0 aliphatic rings. The predicted molar refractivity (Wildman–Crippen MR) is 82.5 cm³/mol. The van der Waals surface area contributed by atoms with Crippen molar-refractivity contribution in [2.75, 3.05) is 31.4 Å².